The first-order valence-electron chi connectivity index (χ1n) is 12.4. The van der Waals surface area contributed by atoms with Crippen LogP contribution in [-0.4, -0.2) is 50.1 Å². The summed E-state index contributed by atoms with van der Waals surface area (Å²) in [5, 5.41) is 0. The quantitative estimate of drug-likeness (QED) is 0.318. The zero-order valence-electron chi connectivity index (χ0n) is 22.1. The van der Waals surface area contributed by atoms with Crippen LogP contribution in [0, 0.1) is 0 Å². The molecule has 0 fully saturated rings. The Labute approximate surface area is 209 Å². The van der Waals surface area contributed by atoms with Gasteiger partial charge >= 0.3 is 11.9 Å². The lowest BCUT2D eigenvalue weighted by Crippen LogP contribution is -2.28. The Kier molecular flexibility index (Phi) is 11.4. The molecule has 192 valence electrons. The molecule has 0 aliphatic rings. The van der Waals surface area contributed by atoms with Crippen molar-refractivity contribution in [2.75, 3.05) is 19.8 Å². The van der Waals surface area contributed by atoms with E-state index in [0.717, 1.165) is 11.1 Å². The Bertz CT molecular complexity index is 952. The fourth-order valence-electron chi connectivity index (χ4n) is 3.62. The smallest absolute Gasteiger partial charge is 0.338 e. The Morgan fingerprint density at radius 3 is 1.54 bits per heavy atom. The zero-order valence-corrected chi connectivity index (χ0v) is 22.1. The highest BCUT2D eigenvalue weighted by molar-refractivity contribution is 5.91. The van der Waals surface area contributed by atoms with Crippen LogP contribution in [0.25, 0.3) is 0 Å². The highest BCUT2D eigenvalue weighted by Crippen LogP contribution is 2.21. The third-order valence-corrected chi connectivity index (χ3v) is 5.59. The van der Waals surface area contributed by atoms with Gasteiger partial charge in [-0.05, 0) is 55.9 Å². The molecule has 0 aromatic heterocycles. The van der Waals surface area contributed by atoms with Gasteiger partial charge in [-0.25, -0.2) is 9.59 Å². The molecule has 0 heterocycles. The van der Waals surface area contributed by atoms with Crippen molar-refractivity contribution in [3.8, 4) is 0 Å². The summed E-state index contributed by atoms with van der Waals surface area (Å²) in [5.74, 6) is -0.224. The lowest BCUT2D eigenvalue weighted by Gasteiger charge is -2.21. The van der Waals surface area contributed by atoms with Crippen LogP contribution in [0.3, 0.4) is 0 Å². The number of hydrogen-bond donors (Lipinski definition) is 0. The van der Waals surface area contributed by atoms with E-state index in [1.54, 1.807) is 19.1 Å². The van der Waals surface area contributed by atoms with Crippen molar-refractivity contribution in [3.63, 3.8) is 0 Å². The lowest BCUT2D eigenvalue weighted by molar-refractivity contribution is -0.0683. The fraction of sp³-hybridized carbons (Fsp3) is 0.517. The molecule has 2 aromatic carbocycles. The van der Waals surface area contributed by atoms with Crippen molar-refractivity contribution in [2.45, 2.75) is 78.6 Å². The molecule has 35 heavy (non-hydrogen) atoms. The van der Waals surface area contributed by atoms with Crippen molar-refractivity contribution in [1.29, 1.82) is 0 Å². The topological polar surface area (TPSA) is 71.1 Å². The van der Waals surface area contributed by atoms with E-state index in [1.807, 2.05) is 77.9 Å². The van der Waals surface area contributed by atoms with Gasteiger partial charge in [-0.3, -0.25) is 0 Å². The average Bonchev–Trinajstić information content (AvgIpc) is 2.84. The molecule has 3 atom stereocenters. The van der Waals surface area contributed by atoms with Crippen molar-refractivity contribution in [2.24, 2.45) is 0 Å². The molecule has 0 saturated carbocycles. The molecule has 6 nitrogen and oxygen atoms in total. The van der Waals surface area contributed by atoms with Crippen LogP contribution in [0.1, 0.15) is 92.1 Å². The molecule has 0 amide bonds. The molecule has 0 spiro atoms. The molecule has 0 bridgehead atoms. The van der Waals surface area contributed by atoms with E-state index in [9.17, 15) is 9.59 Å². The molecular formula is C29H40O6. The molecular weight excluding hydrogens is 444 g/mol. The summed E-state index contributed by atoms with van der Waals surface area (Å²) >= 11 is 0. The molecule has 6 heteroatoms. The van der Waals surface area contributed by atoms with Crippen LogP contribution in [0.15, 0.2) is 48.5 Å². The minimum atomic E-state index is -0.399. The summed E-state index contributed by atoms with van der Waals surface area (Å²) < 4.78 is 22.6. The summed E-state index contributed by atoms with van der Waals surface area (Å²) in [5.41, 5.74) is 3.11. The largest absolute Gasteiger partial charge is 0.459 e. The lowest BCUT2D eigenvalue weighted by atomic mass is 9.97. The van der Waals surface area contributed by atoms with Gasteiger partial charge in [0, 0.05) is 0 Å². The first kappa shape index (κ1) is 28.5. The maximum Gasteiger partial charge on any atom is 0.338 e. The van der Waals surface area contributed by atoms with Crippen LogP contribution in [0.4, 0.5) is 0 Å². The average molecular weight is 485 g/mol. The van der Waals surface area contributed by atoms with Gasteiger partial charge < -0.3 is 18.9 Å². The van der Waals surface area contributed by atoms with E-state index >= 15 is 0 Å². The minimum absolute atomic E-state index is 0.154. The van der Waals surface area contributed by atoms with E-state index in [-0.39, 0.29) is 49.2 Å². The van der Waals surface area contributed by atoms with E-state index in [0.29, 0.717) is 17.7 Å². The number of ether oxygens (including phenoxy) is 4. The molecule has 0 aliphatic carbocycles. The Morgan fingerprint density at radius 1 is 0.600 bits per heavy atom. The van der Waals surface area contributed by atoms with Crippen molar-refractivity contribution < 1.29 is 28.5 Å². The molecule has 3 unspecified atom stereocenters. The van der Waals surface area contributed by atoms with Gasteiger partial charge in [0.2, 0.25) is 0 Å². The van der Waals surface area contributed by atoms with Crippen molar-refractivity contribution in [1.82, 2.24) is 0 Å². The predicted octanol–water partition coefficient (Wildman–Crippen LogP) is 6.15. The third-order valence-electron chi connectivity index (χ3n) is 5.59. The maximum atomic E-state index is 12.6. The molecule has 0 N–H and O–H groups in total. The van der Waals surface area contributed by atoms with E-state index in [1.165, 1.54) is 0 Å². The Balaban J connectivity index is 1.72. The van der Waals surface area contributed by atoms with E-state index in [2.05, 4.69) is 0 Å². The summed E-state index contributed by atoms with van der Waals surface area (Å²) in [6, 6.07) is 15.0. The Hall–Kier alpha value is -2.70. The van der Waals surface area contributed by atoms with Crippen LogP contribution in [0.5, 0.6) is 0 Å². The number of carbonyl (C=O) groups is 2. The van der Waals surface area contributed by atoms with Gasteiger partial charge in [-0.15, -0.1) is 0 Å². The monoisotopic (exact) mass is 484 g/mol. The third kappa shape index (κ3) is 9.11. The molecule has 0 saturated heterocycles. The van der Waals surface area contributed by atoms with Crippen molar-refractivity contribution >= 4 is 11.9 Å². The van der Waals surface area contributed by atoms with Gasteiger partial charge in [-0.1, -0.05) is 64.1 Å². The number of esters is 2. The molecule has 2 aromatic rings. The highest BCUT2D eigenvalue weighted by Gasteiger charge is 2.19. The van der Waals surface area contributed by atoms with Gasteiger partial charge in [0.25, 0.3) is 0 Å². The van der Waals surface area contributed by atoms with Crippen LogP contribution in [-0.2, 0) is 18.9 Å². The van der Waals surface area contributed by atoms with E-state index in [4.69, 9.17) is 18.9 Å². The first-order chi connectivity index (χ1) is 16.6. The first-order valence-corrected chi connectivity index (χ1v) is 12.4. The second kappa shape index (κ2) is 14.0. The summed E-state index contributed by atoms with van der Waals surface area (Å²) in [6.07, 6.45) is -0.887. The summed E-state index contributed by atoms with van der Waals surface area (Å²) in [6.45, 7) is 14.5. The van der Waals surface area contributed by atoms with Crippen LogP contribution < -0.4 is 0 Å². The second-order valence-corrected chi connectivity index (χ2v) is 9.59. The van der Waals surface area contributed by atoms with Crippen LogP contribution >= 0.6 is 0 Å². The maximum absolute atomic E-state index is 12.6. The summed E-state index contributed by atoms with van der Waals surface area (Å²) in [4.78, 5) is 25.1. The SMILES string of the molecule is CC(COC(=O)c1ccccc1C(C)C)OCC(C)OCC(C)OC(=O)c1ccccc1C(C)C. The fourth-order valence-corrected chi connectivity index (χ4v) is 3.62. The number of benzene rings is 2. The standard InChI is InChI=1S/C29H40O6/c1-19(2)24-12-8-10-14-26(24)28(30)34-17-22(6)32-16-21(5)33-18-23(7)35-29(31)27-15-11-9-13-25(27)20(3)4/h8-15,19-23H,16-18H2,1-7H3. The molecule has 0 radical (unpaired) electrons. The van der Waals surface area contributed by atoms with Gasteiger partial charge in [0.05, 0.1) is 36.5 Å². The normalized spacial score (nSPS) is 14.0. The van der Waals surface area contributed by atoms with Crippen molar-refractivity contribution in [3.05, 3.63) is 70.8 Å². The highest BCUT2D eigenvalue weighted by atomic mass is 16.6. The van der Waals surface area contributed by atoms with Gasteiger partial charge in [0.1, 0.15) is 12.7 Å². The minimum Gasteiger partial charge on any atom is -0.459 e. The zero-order chi connectivity index (χ0) is 26.0. The summed E-state index contributed by atoms with van der Waals surface area (Å²) in [7, 11) is 0. The second-order valence-electron chi connectivity index (χ2n) is 9.59. The van der Waals surface area contributed by atoms with E-state index < -0.39 is 6.10 Å². The number of rotatable bonds is 13. The Morgan fingerprint density at radius 2 is 1.03 bits per heavy atom. The van der Waals surface area contributed by atoms with Crippen LogP contribution in [0.2, 0.25) is 0 Å². The predicted molar refractivity (Wildman–Crippen MR) is 137 cm³/mol. The number of hydrogen-bond acceptors (Lipinski definition) is 6. The van der Waals surface area contributed by atoms with Gasteiger partial charge in [0.15, 0.2) is 0 Å². The number of carbonyl (C=O) groups excluding carboxylic acids is 2. The molecule has 0 aliphatic heterocycles. The molecule has 2 rings (SSSR count). The van der Waals surface area contributed by atoms with Gasteiger partial charge in [-0.2, -0.15) is 0 Å².